The minimum Gasteiger partial charge on any atom is -0.351 e. The topological polar surface area (TPSA) is 62.3 Å². The Bertz CT molecular complexity index is 813. The minimum absolute atomic E-state index is 0.0657. The number of hydrogen-bond acceptors (Lipinski definition) is 3. The van der Waals surface area contributed by atoms with Crippen LogP contribution < -0.4 is 5.32 Å². The molecular formula is C22H25N3O2. The zero-order chi connectivity index (χ0) is 18.6. The second-order valence-electron chi connectivity index (χ2n) is 7.48. The predicted molar refractivity (Wildman–Crippen MR) is 103 cm³/mol. The number of aromatic nitrogens is 1. The molecule has 0 spiro atoms. The minimum atomic E-state index is -0.572. The summed E-state index contributed by atoms with van der Waals surface area (Å²) in [5.41, 5.74) is 2.35. The summed E-state index contributed by atoms with van der Waals surface area (Å²) < 4.78 is 0. The normalized spacial score (nSPS) is 20.2. The summed E-state index contributed by atoms with van der Waals surface area (Å²) in [6.45, 7) is 0.379. The van der Waals surface area contributed by atoms with E-state index in [9.17, 15) is 9.59 Å². The van der Waals surface area contributed by atoms with Gasteiger partial charge in [-0.2, -0.15) is 0 Å². The lowest BCUT2D eigenvalue weighted by atomic mass is 10.0. The van der Waals surface area contributed by atoms with Crippen LogP contribution in [0.15, 0.2) is 48.8 Å². The number of hydrogen-bond donors (Lipinski definition) is 1. The molecule has 1 atom stereocenters. The third-order valence-electron chi connectivity index (χ3n) is 5.58. The first-order valence-electron chi connectivity index (χ1n) is 9.83. The summed E-state index contributed by atoms with van der Waals surface area (Å²) in [5.74, 6) is -0.153. The second kappa shape index (κ2) is 7.91. The molecule has 0 saturated heterocycles. The average Bonchev–Trinajstić information content (AvgIpc) is 2.84. The van der Waals surface area contributed by atoms with Crippen LogP contribution in [0.4, 0.5) is 0 Å². The van der Waals surface area contributed by atoms with Crippen LogP contribution in [-0.4, -0.2) is 27.7 Å². The van der Waals surface area contributed by atoms with E-state index in [1.807, 2.05) is 36.4 Å². The third kappa shape index (κ3) is 3.72. The van der Waals surface area contributed by atoms with Gasteiger partial charge in [-0.15, -0.1) is 0 Å². The van der Waals surface area contributed by atoms with Crippen molar-refractivity contribution >= 4 is 11.8 Å². The number of amides is 2. The van der Waals surface area contributed by atoms with Gasteiger partial charge in [-0.05, 0) is 36.1 Å². The summed E-state index contributed by atoms with van der Waals surface area (Å²) in [7, 11) is 0. The quantitative estimate of drug-likeness (QED) is 0.844. The number of carbonyl (C=O) groups excluding carboxylic acids is 2. The van der Waals surface area contributed by atoms with Gasteiger partial charge in [0.1, 0.15) is 6.04 Å². The summed E-state index contributed by atoms with van der Waals surface area (Å²) in [6, 6.07) is 10.9. The number of fused-ring (bicyclic) bond motifs is 1. The molecule has 1 N–H and O–H groups in total. The Hall–Kier alpha value is -2.69. The van der Waals surface area contributed by atoms with Crippen LogP contribution in [0.1, 0.15) is 66.1 Å². The third-order valence-corrected chi connectivity index (χ3v) is 5.58. The molecule has 1 unspecified atom stereocenters. The molecule has 0 bridgehead atoms. The zero-order valence-electron chi connectivity index (χ0n) is 15.4. The molecule has 140 valence electrons. The maximum Gasteiger partial charge on any atom is 0.255 e. The van der Waals surface area contributed by atoms with Crippen LogP contribution in [0.3, 0.4) is 0 Å². The number of rotatable bonds is 4. The van der Waals surface area contributed by atoms with Gasteiger partial charge in [0, 0.05) is 30.5 Å². The van der Waals surface area contributed by atoms with E-state index < -0.39 is 6.04 Å². The molecular weight excluding hydrogens is 338 g/mol. The molecule has 0 radical (unpaired) electrons. The molecule has 27 heavy (non-hydrogen) atoms. The van der Waals surface area contributed by atoms with E-state index in [1.165, 1.54) is 12.8 Å². The van der Waals surface area contributed by atoms with Crippen LogP contribution in [0, 0.1) is 0 Å². The van der Waals surface area contributed by atoms with Crippen molar-refractivity contribution in [2.75, 3.05) is 0 Å². The van der Waals surface area contributed by atoms with E-state index in [-0.39, 0.29) is 17.9 Å². The molecule has 1 aromatic carbocycles. The highest BCUT2D eigenvalue weighted by Crippen LogP contribution is 2.35. The van der Waals surface area contributed by atoms with Crippen LogP contribution >= 0.6 is 0 Å². The van der Waals surface area contributed by atoms with Gasteiger partial charge in [0.15, 0.2) is 0 Å². The van der Waals surface area contributed by atoms with Gasteiger partial charge >= 0.3 is 0 Å². The van der Waals surface area contributed by atoms with Crippen molar-refractivity contribution in [2.45, 2.75) is 57.2 Å². The van der Waals surface area contributed by atoms with Gasteiger partial charge in [0.05, 0.1) is 0 Å². The summed E-state index contributed by atoms with van der Waals surface area (Å²) in [6.07, 6.45) is 10.3. The van der Waals surface area contributed by atoms with Crippen LogP contribution in [-0.2, 0) is 11.3 Å². The Morgan fingerprint density at radius 2 is 1.85 bits per heavy atom. The molecule has 1 aliphatic heterocycles. The van der Waals surface area contributed by atoms with E-state index in [1.54, 1.807) is 17.3 Å². The monoisotopic (exact) mass is 363 g/mol. The van der Waals surface area contributed by atoms with E-state index >= 15 is 0 Å². The Balaban J connectivity index is 1.59. The fourth-order valence-corrected chi connectivity index (χ4v) is 4.21. The first kappa shape index (κ1) is 17.7. The van der Waals surface area contributed by atoms with Crippen molar-refractivity contribution in [1.29, 1.82) is 0 Å². The fraction of sp³-hybridized carbons (Fsp3) is 0.409. The molecule has 1 aromatic heterocycles. The lowest BCUT2D eigenvalue weighted by molar-refractivity contribution is -0.126. The van der Waals surface area contributed by atoms with Crippen molar-refractivity contribution in [2.24, 2.45) is 0 Å². The maximum absolute atomic E-state index is 13.2. The van der Waals surface area contributed by atoms with Gasteiger partial charge in [-0.1, -0.05) is 49.9 Å². The molecule has 1 aliphatic carbocycles. The van der Waals surface area contributed by atoms with Gasteiger partial charge in [0.25, 0.3) is 5.91 Å². The highest BCUT2D eigenvalue weighted by atomic mass is 16.2. The van der Waals surface area contributed by atoms with Crippen LogP contribution in [0.5, 0.6) is 0 Å². The Kier molecular flexibility index (Phi) is 5.19. The van der Waals surface area contributed by atoms with Crippen molar-refractivity contribution in [1.82, 2.24) is 15.2 Å². The molecule has 5 nitrogen and oxygen atoms in total. The van der Waals surface area contributed by atoms with Gasteiger partial charge in [0.2, 0.25) is 5.91 Å². The van der Waals surface area contributed by atoms with E-state index in [0.29, 0.717) is 12.1 Å². The lowest BCUT2D eigenvalue weighted by Gasteiger charge is -2.27. The molecule has 4 rings (SSSR count). The first-order valence-corrected chi connectivity index (χ1v) is 9.83. The zero-order valence-corrected chi connectivity index (χ0v) is 15.4. The molecule has 5 heteroatoms. The summed E-state index contributed by atoms with van der Waals surface area (Å²) in [4.78, 5) is 32.0. The standard InChI is InChI=1S/C22H25N3O2/c26-21(24-17-9-3-1-2-4-10-17)20-18-11-5-6-12-19(18)22(27)25(20)15-16-8-7-13-23-14-16/h5-8,11-14,17,20H,1-4,9-10,15H2,(H,24,26). The van der Waals surface area contributed by atoms with Crippen LogP contribution in [0.2, 0.25) is 0 Å². The summed E-state index contributed by atoms with van der Waals surface area (Å²) in [5, 5.41) is 3.23. The number of benzene rings is 1. The first-order chi connectivity index (χ1) is 13.2. The Labute approximate surface area is 159 Å². The van der Waals surface area contributed by atoms with E-state index in [4.69, 9.17) is 0 Å². The molecule has 2 amide bonds. The molecule has 2 aromatic rings. The smallest absolute Gasteiger partial charge is 0.255 e. The summed E-state index contributed by atoms with van der Waals surface area (Å²) >= 11 is 0. The van der Waals surface area contributed by atoms with Crippen molar-refractivity contribution in [3.63, 3.8) is 0 Å². The van der Waals surface area contributed by atoms with Gasteiger partial charge < -0.3 is 10.2 Å². The number of nitrogens with one attached hydrogen (secondary N) is 1. The molecule has 1 fully saturated rings. The predicted octanol–water partition coefficient (Wildman–Crippen LogP) is 3.62. The average molecular weight is 363 g/mol. The maximum atomic E-state index is 13.2. The van der Waals surface area contributed by atoms with Crippen LogP contribution in [0.25, 0.3) is 0 Å². The highest BCUT2D eigenvalue weighted by Gasteiger charge is 2.41. The largest absolute Gasteiger partial charge is 0.351 e. The Morgan fingerprint density at radius 3 is 2.59 bits per heavy atom. The number of pyridine rings is 1. The highest BCUT2D eigenvalue weighted by molar-refractivity contribution is 6.04. The number of nitrogens with zero attached hydrogens (tertiary/aromatic N) is 2. The fourth-order valence-electron chi connectivity index (χ4n) is 4.21. The lowest BCUT2D eigenvalue weighted by Crippen LogP contribution is -2.43. The van der Waals surface area contributed by atoms with Crippen molar-refractivity contribution in [3.05, 3.63) is 65.5 Å². The molecule has 2 aliphatic rings. The number of carbonyl (C=O) groups is 2. The Morgan fingerprint density at radius 1 is 1.07 bits per heavy atom. The van der Waals surface area contributed by atoms with E-state index in [2.05, 4.69) is 10.3 Å². The van der Waals surface area contributed by atoms with Crippen molar-refractivity contribution < 1.29 is 9.59 Å². The second-order valence-corrected chi connectivity index (χ2v) is 7.48. The SMILES string of the molecule is O=C(NC1CCCCCC1)C1c2ccccc2C(=O)N1Cc1cccnc1. The van der Waals surface area contributed by atoms with Gasteiger partial charge in [-0.25, -0.2) is 0 Å². The van der Waals surface area contributed by atoms with Gasteiger partial charge in [-0.3, -0.25) is 14.6 Å². The van der Waals surface area contributed by atoms with E-state index in [0.717, 1.165) is 36.8 Å². The molecule has 1 saturated carbocycles. The molecule has 2 heterocycles. The van der Waals surface area contributed by atoms with Crippen molar-refractivity contribution in [3.8, 4) is 0 Å².